The Balaban J connectivity index is 1.51. The van der Waals surface area contributed by atoms with Crippen molar-refractivity contribution in [3.8, 4) is 11.3 Å². The Hall–Kier alpha value is -3.42. The van der Waals surface area contributed by atoms with Crippen molar-refractivity contribution in [2.24, 2.45) is 5.92 Å². The highest BCUT2D eigenvalue weighted by Gasteiger charge is 2.28. The SMILES string of the molecule is COC(=O)C1CCN(C(=O)COC(=O)c2ccc(-c3ccc(C(C)=O)cc3)o2)CC1. The maximum Gasteiger partial charge on any atom is 0.374 e. The van der Waals surface area contributed by atoms with Gasteiger partial charge in [-0.1, -0.05) is 24.3 Å². The van der Waals surface area contributed by atoms with Crippen molar-refractivity contribution in [2.75, 3.05) is 26.8 Å². The lowest BCUT2D eigenvalue weighted by Crippen LogP contribution is -2.42. The minimum absolute atomic E-state index is 0.0159. The van der Waals surface area contributed by atoms with E-state index >= 15 is 0 Å². The van der Waals surface area contributed by atoms with Crippen LogP contribution >= 0.6 is 0 Å². The zero-order chi connectivity index (χ0) is 21.7. The van der Waals surface area contributed by atoms with Crippen molar-refractivity contribution >= 4 is 23.6 Å². The summed E-state index contributed by atoms with van der Waals surface area (Å²) in [6.45, 7) is 1.92. The third kappa shape index (κ3) is 4.94. The lowest BCUT2D eigenvalue weighted by Gasteiger charge is -2.30. The summed E-state index contributed by atoms with van der Waals surface area (Å²) in [6, 6.07) is 9.92. The summed E-state index contributed by atoms with van der Waals surface area (Å²) < 4.78 is 15.3. The van der Waals surface area contributed by atoms with Gasteiger partial charge in [0.15, 0.2) is 12.4 Å². The molecule has 1 aromatic carbocycles. The molecule has 1 fully saturated rings. The monoisotopic (exact) mass is 413 g/mol. The Morgan fingerprint density at radius 3 is 2.30 bits per heavy atom. The van der Waals surface area contributed by atoms with Gasteiger partial charge in [0.1, 0.15) is 5.76 Å². The van der Waals surface area contributed by atoms with E-state index in [2.05, 4.69) is 0 Å². The first kappa shape index (κ1) is 21.3. The summed E-state index contributed by atoms with van der Waals surface area (Å²) in [5, 5.41) is 0. The molecule has 8 nitrogen and oxygen atoms in total. The molecule has 1 aromatic heterocycles. The van der Waals surface area contributed by atoms with Crippen molar-refractivity contribution in [2.45, 2.75) is 19.8 Å². The fraction of sp³-hybridized carbons (Fsp3) is 0.364. The number of nitrogens with zero attached hydrogens (tertiary/aromatic N) is 1. The molecule has 3 rings (SSSR count). The van der Waals surface area contributed by atoms with E-state index in [1.807, 2.05) is 0 Å². The van der Waals surface area contributed by atoms with E-state index in [0.717, 1.165) is 0 Å². The Morgan fingerprint density at radius 2 is 1.70 bits per heavy atom. The second-order valence-electron chi connectivity index (χ2n) is 7.05. The number of ketones is 1. The van der Waals surface area contributed by atoms with Crippen LogP contribution in [0, 0.1) is 5.92 Å². The maximum atomic E-state index is 12.3. The highest BCUT2D eigenvalue weighted by Crippen LogP contribution is 2.23. The minimum Gasteiger partial charge on any atom is -0.469 e. The van der Waals surface area contributed by atoms with Crippen LogP contribution in [0.1, 0.15) is 40.7 Å². The van der Waals surface area contributed by atoms with Crippen LogP contribution in [0.25, 0.3) is 11.3 Å². The molecule has 2 aromatic rings. The first-order valence-corrected chi connectivity index (χ1v) is 9.63. The molecule has 2 heterocycles. The van der Waals surface area contributed by atoms with Crippen LogP contribution in [-0.4, -0.2) is 55.3 Å². The number of carbonyl (C=O) groups is 4. The number of amides is 1. The third-order valence-electron chi connectivity index (χ3n) is 5.09. The molecule has 0 atom stereocenters. The van der Waals surface area contributed by atoms with Crippen LogP contribution in [0.3, 0.4) is 0 Å². The number of rotatable bonds is 6. The molecule has 1 amide bonds. The van der Waals surface area contributed by atoms with Crippen molar-refractivity contribution < 1.29 is 33.1 Å². The number of furan rings is 1. The normalized spacial score (nSPS) is 14.3. The zero-order valence-corrected chi connectivity index (χ0v) is 16.9. The van der Waals surface area contributed by atoms with Gasteiger partial charge in [-0.05, 0) is 31.9 Å². The third-order valence-corrected chi connectivity index (χ3v) is 5.09. The largest absolute Gasteiger partial charge is 0.469 e. The molecule has 0 N–H and O–H groups in total. The molecule has 0 bridgehead atoms. The van der Waals surface area contributed by atoms with Crippen molar-refractivity contribution in [3.05, 3.63) is 47.7 Å². The maximum absolute atomic E-state index is 12.3. The highest BCUT2D eigenvalue weighted by atomic mass is 16.5. The van der Waals surface area contributed by atoms with Gasteiger partial charge in [-0.3, -0.25) is 14.4 Å². The van der Waals surface area contributed by atoms with Crippen LogP contribution < -0.4 is 0 Å². The molecule has 8 heteroatoms. The fourth-order valence-electron chi connectivity index (χ4n) is 3.29. The van der Waals surface area contributed by atoms with E-state index in [9.17, 15) is 19.2 Å². The van der Waals surface area contributed by atoms with Crippen LogP contribution in [0.2, 0.25) is 0 Å². The number of piperidine rings is 1. The van der Waals surface area contributed by atoms with Crippen LogP contribution in [-0.2, 0) is 19.1 Å². The summed E-state index contributed by atoms with van der Waals surface area (Å²) >= 11 is 0. The van der Waals surface area contributed by atoms with Crippen LogP contribution in [0.5, 0.6) is 0 Å². The number of benzene rings is 1. The quantitative estimate of drug-likeness (QED) is 0.530. The minimum atomic E-state index is -0.737. The standard InChI is InChI=1S/C22H23NO7/c1-14(24)15-3-5-16(6-4-15)18-7-8-19(30-18)22(27)29-13-20(25)23-11-9-17(10-12-23)21(26)28-2/h3-8,17H,9-13H2,1-2H3. The number of hydrogen-bond acceptors (Lipinski definition) is 7. The molecule has 30 heavy (non-hydrogen) atoms. The lowest BCUT2D eigenvalue weighted by atomic mass is 9.97. The topological polar surface area (TPSA) is 103 Å². The van der Waals surface area contributed by atoms with E-state index in [1.54, 1.807) is 35.2 Å². The number of ether oxygens (including phenoxy) is 2. The fourth-order valence-corrected chi connectivity index (χ4v) is 3.29. The molecule has 0 saturated carbocycles. The molecule has 158 valence electrons. The van der Waals surface area contributed by atoms with Crippen molar-refractivity contribution in [1.29, 1.82) is 0 Å². The average molecular weight is 413 g/mol. The Bertz CT molecular complexity index is 937. The molecule has 0 spiro atoms. The molecule has 0 aliphatic carbocycles. The first-order valence-electron chi connectivity index (χ1n) is 9.63. The number of Topliss-reactive ketones (excluding diaryl/α,β-unsaturated/α-hetero) is 1. The van der Waals surface area contributed by atoms with E-state index in [-0.39, 0.29) is 29.3 Å². The molecular weight excluding hydrogens is 390 g/mol. The van der Waals surface area contributed by atoms with Gasteiger partial charge in [0.05, 0.1) is 13.0 Å². The van der Waals surface area contributed by atoms with E-state index < -0.39 is 12.6 Å². The lowest BCUT2D eigenvalue weighted by molar-refractivity contribution is -0.149. The van der Waals surface area contributed by atoms with Crippen molar-refractivity contribution in [3.63, 3.8) is 0 Å². The highest BCUT2D eigenvalue weighted by molar-refractivity contribution is 5.94. The molecular formula is C22H23NO7. The van der Waals surface area contributed by atoms with Crippen molar-refractivity contribution in [1.82, 2.24) is 4.90 Å². The van der Waals surface area contributed by atoms with Gasteiger partial charge >= 0.3 is 11.9 Å². The molecule has 0 unspecified atom stereocenters. The molecule has 1 aliphatic heterocycles. The van der Waals surface area contributed by atoms with Gasteiger partial charge in [-0.2, -0.15) is 0 Å². The van der Waals surface area contributed by atoms with Gasteiger partial charge < -0.3 is 18.8 Å². The number of methoxy groups -OCH3 is 1. The van der Waals surface area contributed by atoms with Crippen LogP contribution in [0.4, 0.5) is 0 Å². The summed E-state index contributed by atoms with van der Waals surface area (Å²) in [4.78, 5) is 48.9. The van der Waals surface area contributed by atoms with Gasteiger partial charge in [0.25, 0.3) is 5.91 Å². The zero-order valence-electron chi connectivity index (χ0n) is 16.9. The number of esters is 2. The molecule has 1 aliphatic rings. The molecule has 1 saturated heterocycles. The van der Waals surface area contributed by atoms with Gasteiger partial charge in [-0.15, -0.1) is 0 Å². The summed E-state index contributed by atoms with van der Waals surface area (Å²) in [6.07, 6.45) is 1.05. The number of carbonyl (C=O) groups excluding carboxylic acids is 4. The summed E-state index contributed by atoms with van der Waals surface area (Å²) in [5.74, 6) is -1.13. The number of likely N-dealkylation sites (tertiary alicyclic amines) is 1. The Kier molecular flexibility index (Phi) is 6.66. The summed E-state index contributed by atoms with van der Waals surface area (Å²) in [5.41, 5.74) is 1.29. The average Bonchev–Trinajstić information content (AvgIpc) is 3.27. The van der Waals surface area contributed by atoms with Gasteiger partial charge in [-0.25, -0.2) is 4.79 Å². The van der Waals surface area contributed by atoms with Crippen LogP contribution in [0.15, 0.2) is 40.8 Å². The number of hydrogen-bond donors (Lipinski definition) is 0. The van der Waals surface area contributed by atoms with E-state index in [4.69, 9.17) is 13.9 Å². The predicted octanol–water partition coefficient (Wildman–Crippen LogP) is 2.72. The first-order chi connectivity index (χ1) is 14.4. The smallest absolute Gasteiger partial charge is 0.374 e. The van der Waals surface area contributed by atoms with Gasteiger partial charge in [0, 0.05) is 24.2 Å². The van der Waals surface area contributed by atoms with Gasteiger partial charge in [0.2, 0.25) is 5.76 Å². The van der Waals surface area contributed by atoms with E-state index in [0.29, 0.717) is 42.8 Å². The molecule has 0 radical (unpaired) electrons. The second-order valence-corrected chi connectivity index (χ2v) is 7.05. The predicted molar refractivity (Wildman–Crippen MR) is 106 cm³/mol. The van der Waals surface area contributed by atoms with E-state index in [1.165, 1.54) is 20.1 Å². The summed E-state index contributed by atoms with van der Waals surface area (Å²) in [7, 11) is 1.35. The Morgan fingerprint density at radius 1 is 1.03 bits per heavy atom. The Labute approximate surface area is 173 Å². The second kappa shape index (κ2) is 9.39.